The number of nitrogens with two attached hydrogens (primary N) is 1. The normalized spacial score (nSPS) is 11.4. The molecule has 0 fully saturated rings. The van der Waals surface area contributed by atoms with Crippen LogP contribution in [0.2, 0.25) is 0 Å². The first-order chi connectivity index (χ1) is 8.66. The number of benzene rings is 2. The second-order valence-electron chi connectivity index (χ2n) is 4.20. The van der Waals surface area contributed by atoms with Crippen LogP contribution >= 0.6 is 12.4 Å². The van der Waals surface area contributed by atoms with Crippen molar-refractivity contribution in [1.82, 2.24) is 0 Å². The van der Waals surface area contributed by atoms with E-state index >= 15 is 0 Å². The number of hydrogen-bond donors (Lipinski definition) is 1. The van der Waals surface area contributed by atoms with Crippen LogP contribution < -0.4 is 10.8 Å². The molecule has 0 bridgehead atoms. The lowest BCUT2D eigenvalue weighted by atomic mass is 10.00. The minimum Gasteiger partial charge on any atom is -0.548 e. The smallest absolute Gasteiger partial charge is 0.0585 e. The van der Waals surface area contributed by atoms with Crippen molar-refractivity contribution in [2.45, 2.75) is 12.5 Å². The van der Waals surface area contributed by atoms with Gasteiger partial charge in [-0.1, -0.05) is 54.6 Å². The Morgan fingerprint density at radius 3 is 2.32 bits per heavy atom. The van der Waals surface area contributed by atoms with Crippen LogP contribution in [0.25, 0.3) is 11.1 Å². The molecule has 0 aliphatic carbocycles. The molecule has 0 amide bonds. The molecule has 2 rings (SSSR count). The molecule has 4 heteroatoms. The van der Waals surface area contributed by atoms with Gasteiger partial charge in [0.1, 0.15) is 0 Å². The average Bonchev–Trinajstić information content (AvgIpc) is 2.40. The SMILES string of the molecule is Cl.NC(Cc1cccc(-c2ccccc2)c1)C(=O)[O-]. The van der Waals surface area contributed by atoms with Crippen LogP contribution in [-0.2, 0) is 11.2 Å². The third-order valence-corrected chi connectivity index (χ3v) is 2.79. The second kappa shape index (κ2) is 6.92. The molecule has 3 nitrogen and oxygen atoms in total. The third kappa shape index (κ3) is 4.09. The van der Waals surface area contributed by atoms with Crippen LogP contribution in [0.1, 0.15) is 5.56 Å². The number of rotatable bonds is 4. The third-order valence-electron chi connectivity index (χ3n) is 2.79. The average molecular weight is 277 g/mol. The van der Waals surface area contributed by atoms with Crippen LogP contribution in [0.15, 0.2) is 54.6 Å². The van der Waals surface area contributed by atoms with Gasteiger partial charge < -0.3 is 15.6 Å². The zero-order valence-electron chi connectivity index (χ0n) is 10.3. The minimum atomic E-state index is -1.22. The molecular formula is C15H15ClNO2-. The lowest BCUT2D eigenvalue weighted by molar-refractivity contribution is -0.307. The fourth-order valence-corrected chi connectivity index (χ4v) is 1.85. The van der Waals surface area contributed by atoms with E-state index in [0.717, 1.165) is 16.7 Å². The predicted octanol–water partition coefficient (Wildman–Crippen LogP) is 1.40. The van der Waals surface area contributed by atoms with Gasteiger partial charge in [-0.25, -0.2) is 0 Å². The van der Waals surface area contributed by atoms with Crippen molar-refractivity contribution in [3.8, 4) is 11.1 Å². The fraction of sp³-hybridized carbons (Fsp3) is 0.133. The lowest BCUT2D eigenvalue weighted by Gasteiger charge is -2.13. The summed E-state index contributed by atoms with van der Waals surface area (Å²) in [5.41, 5.74) is 8.52. The van der Waals surface area contributed by atoms with Crippen LogP contribution in [0.3, 0.4) is 0 Å². The van der Waals surface area contributed by atoms with E-state index in [1.165, 1.54) is 0 Å². The standard InChI is InChI=1S/C15H15NO2.ClH/c16-14(15(17)18)10-11-5-4-8-13(9-11)12-6-2-1-3-7-12;/h1-9,14H,10,16H2,(H,17,18);1H/p-1. The largest absolute Gasteiger partial charge is 0.548 e. The Labute approximate surface area is 118 Å². The molecule has 100 valence electrons. The highest BCUT2D eigenvalue weighted by Gasteiger charge is 2.05. The van der Waals surface area contributed by atoms with Crippen molar-refractivity contribution in [1.29, 1.82) is 0 Å². The molecule has 0 aliphatic heterocycles. The highest BCUT2D eigenvalue weighted by atomic mass is 35.5. The van der Waals surface area contributed by atoms with E-state index in [9.17, 15) is 9.90 Å². The molecule has 0 aromatic heterocycles. The molecule has 1 atom stereocenters. The van der Waals surface area contributed by atoms with E-state index in [1.807, 2.05) is 54.6 Å². The van der Waals surface area contributed by atoms with Crippen molar-refractivity contribution in [2.24, 2.45) is 5.73 Å². The highest BCUT2D eigenvalue weighted by molar-refractivity contribution is 5.85. The molecule has 2 aromatic rings. The molecule has 0 heterocycles. The molecule has 0 saturated carbocycles. The van der Waals surface area contributed by atoms with Crippen LogP contribution in [0, 0.1) is 0 Å². The number of carbonyl (C=O) groups is 1. The summed E-state index contributed by atoms with van der Waals surface area (Å²) in [4.78, 5) is 10.6. The number of hydrogen-bond acceptors (Lipinski definition) is 3. The first-order valence-electron chi connectivity index (χ1n) is 5.77. The molecule has 1 unspecified atom stereocenters. The van der Waals surface area contributed by atoms with E-state index < -0.39 is 12.0 Å². The van der Waals surface area contributed by atoms with E-state index in [4.69, 9.17) is 5.73 Å². The van der Waals surface area contributed by atoms with Gasteiger partial charge in [0, 0.05) is 6.04 Å². The summed E-state index contributed by atoms with van der Waals surface area (Å²) >= 11 is 0. The van der Waals surface area contributed by atoms with Crippen molar-refractivity contribution >= 4 is 18.4 Å². The quantitative estimate of drug-likeness (QED) is 0.918. The van der Waals surface area contributed by atoms with Crippen LogP contribution in [0.5, 0.6) is 0 Å². The summed E-state index contributed by atoms with van der Waals surface area (Å²) in [6.07, 6.45) is 0.281. The maximum absolute atomic E-state index is 10.6. The van der Waals surface area contributed by atoms with Crippen LogP contribution in [0.4, 0.5) is 0 Å². The van der Waals surface area contributed by atoms with Gasteiger partial charge in [-0.05, 0) is 23.1 Å². The van der Waals surface area contributed by atoms with E-state index in [2.05, 4.69) is 0 Å². The van der Waals surface area contributed by atoms with Gasteiger partial charge in [-0.2, -0.15) is 0 Å². The Morgan fingerprint density at radius 2 is 1.68 bits per heavy atom. The van der Waals surface area contributed by atoms with E-state index in [-0.39, 0.29) is 18.8 Å². The highest BCUT2D eigenvalue weighted by Crippen LogP contribution is 2.20. The maximum Gasteiger partial charge on any atom is 0.0585 e. The van der Waals surface area contributed by atoms with E-state index in [0.29, 0.717) is 0 Å². The lowest BCUT2D eigenvalue weighted by Crippen LogP contribution is -2.43. The zero-order chi connectivity index (χ0) is 13.0. The fourth-order valence-electron chi connectivity index (χ4n) is 1.85. The molecule has 19 heavy (non-hydrogen) atoms. The Bertz CT molecular complexity index is 543. The topological polar surface area (TPSA) is 66.2 Å². The van der Waals surface area contributed by atoms with Gasteiger partial charge in [-0.3, -0.25) is 0 Å². The van der Waals surface area contributed by atoms with Crippen molar-refractivity contribution in [3.63, 3.8) is 0 Å². The summed E-state index contributed by atoms with van der Waals surface area (Å²) < 4.78 is 0. The number of halogens is 1. The second-order valence-corrected chi connectivity index (χ2v) is 4.20. The maximum atomic E-state index is 10.6. The van der Waals surface area contributed by atoms with Crippen molar-refractivity contribution in [2.75, 3.05) is 0 Å². The summed E-state index contributed by atoms with van der Waals surface area (Å²) in [5.74, 6) is -1.22. The van der Waals surface area contributed by atoms with Crippen molar-refractivity contribution in [3.05, 3.63) is 60.2 Å². The van der Waals surface area contributed by atoms with Crippen LogP contribution in [-0.4, -0.2) is 12.0 Å². The Balaban J connectivity index is 0.00000180. The summed E-state index contributed by atoms with van der Waals surface area (Å²) in [6, 6.07) is 16.7. The van der Waals surface area contributed by atoms with Gasteiger partial charge in [0.05, 0.1) is 5.97 Å². The molecule has 0 radical (unpaired) electrons. The minimum absolute atomic E-state index is 0. The number of carbonyl (C=O) groups excluding carboxylic acids is 1. The zero-order valence-corrected chi connectivity index (χ0v) is 11.1. The molecule has 0 saturated heterocycles. The van der Waals surface area contributed by atoms with Crippen molar-refractivity contribution < 1.29 is 9.90 Å². The summed E-state index contributed by atoms with van der Waals surface area (Å²) in [7, 11) is 0. The molecule has 2 N–H and O–H groups in total. The molecule has 0 spiro atoms. The number of carboxylic acids is 1. The Kier molecular flexibility index (Phi) is 5.55. The van der Waals surface area contributed by atoms with Gasteiger partial charge in [-0.15, -0.1) is 12.4 Å². The first-order valence-corrected chi connectivity index (χ1v) is 5.77. The van der Waals surface area contributed by atoms with Gasteiger partial charge >= 0.3 is 0 Å². The monoisotopic (exact) mass is 276 g/mol. The predicted molar refractivity (Wildman–Crippen MR) is 75.8 cm³/mol. The van der Waals surface area contributed by atoms with Gasteiger partial charge in [0.15, 0.2) is 0 Å². The molecule has 0 aliphatic rings. The Hall–Kier alpha value is -1.84. The summed E-state index contributed by atoms with van der Waals surface area (Å²) in [5, 5.41) is 10.6. The number of aliphatic carboxylic acids is 1. The van der Waals surface area contributed by atoms with E-state index in [1.54, 1.807) is 0 Å². The van der Waals surface area contributed by atoms with Gasteiger partial charge in [0.2, 0.25) is 0 Å². The molecular weight excluding hydrogens is 262 g/mol. The Morgan fingerprint density at radius 1 is 1.05 bits per heavy atom. The first kappa shape index (κ1) is 15.2. The molecule has 2 aromatic carbocycles. The van der Waals surface area contributed by atoms with Gasteiger partial charge in [0.25, 0.3) is 0 Å². The summed E-state index contributed by atoms with van der Waals surface area (Å²) in [6.45, 7) is 0. The number of carboxylic acid groups (broad SMARTS) is 1.